The Hall–Kier alpha value is -3.13. The highest BCUT2D eigenvalue weighted by Crippen LogP contribution is 2.28. The Balaban J connectivity index is 2.04. The lowest BCUT2D eigenvalue weighted by molar-refractivity contribution is 0.458. The predicted octanol–water partition coefficient (Wildman–Crippen LogP) is 2.39. The van der Waals surface area contributed by atoms with Gasteiger partial charge in [0.1, 0.15) is 12.7 Å². The summed E-state index contributed by atoms with van der Waals surface area (Å²) in [5, 5.41) is 7.12. The standard InChI is InChI=1S/C17H14N4O3S/c18-15(13-7-3-1-4-8-13)16(14-9-5-2-6-10-14)25(22,23)24-17-20-11-19-12-21-17/h1-12,16,18H. The molecule has 0 saturated heterocycles. The lowest BCUT2D eigenvalue weighted by atomic mass is 10.0. The number of hydrogen-bond acceptors (Lipinski definition) is 7. The highest BCUT2D eigenvalue weighted by Gasteiger charge is 2.34. The van der Waals surface area contributed by atoms with E-state index in [9.17, 15) is 8.42 Å². The largest absolute Gasteiger partial charge is 0.342 e. The molecule has 1 unspecified atom stereocenters. The first-order chi connectivity index (χ1) is 12.1. The van der Waals surface area contributed by atoms with Crippen molar-refractivity contribution >= 4 is 15.8 Å². The van der Waals surface area contributed by atoms with E-state index in [0.29, 0.717) is 11.1 Å². The first kappa shape index (κ1) is 16.7. The molecule has 8 heteroatoms. The van der Waals surface area contributed by atoms with Crippen molar-refractivity contribution in [2.24, 2.45) is 0 Å². The Labute approximate surface area is 145 Å². The highest BCUT2D eigenvalue weighted by atomic mass is 32.2. The number of hydrogen-bond donors (Lipinski definition) is 1. The molecule has 126 valence electrons. The van der Waals surface area contributed by atoms with E-state index in [-0.39, 0.29) is 11.7 Å². The van der Waals surface area contributed by atoms with Gasteiger partial charge in [0, 0.05) is 0 Å². The van der Waals surface area contributed by atoms with E-state index in [4.69, 9.17) is 9.59 Å². The fourth-order valence-electron chi connectivity index (χ4n) is 2.30. The molecule has 0 fully saturated rings. The van der Waals surface area contributed by atoms with Crippen LogP contribution in [0.25, 0.3) is 0 Å². The monoisotopic (exact) mass is 354 g/mol. The van der Waals surface area contributed by atoms with Gasteiger partial charge in [0.05, 0.1) is 5.71 Å². The summed E-state index contributed by atoms with van der Waals surface area (Å²) in [4.78, 5) is 11.0. The lowest BCUT2D eigenvalue weighted by Crippen LogP contribution is -2.27. The van der Waals surface area contributed by atoms with E-state index in [1.807, 2.05) is 0 Å². The van der Waals surface area contributed by atoms with Gasteiger partial charge in [-0.05, 0) is 11.1 Å². The summed E-state index contributed by atoms with van der Waals surface area (Å²) < 4.78 is 30.7. The summed E-state index contributed by atoms with van der Waals surface area (Å²) in [5.41, 5.74) is 0.811. The van der Waals surface area contributed by atoms with Crippen LogP contribution in [0.4, 0.5) is 0 Å². The first-order valence-electron chi connectivity index (χ1n) is 7.32. The average Bonchev–Trinajstić information content (AvgIpc) is 2.63. The van der Waals surface area contributed by atoms with Crippen molar-refractivity contribution in [3.05, 3.63) is 84.4 Å². The molecule has 2 aromatic carbocycles. The van der Waals surface area contributed by atoms with Crippen LogP contribution in [0.15, 0.2) is 73.3 Å². The topological polar surface area (TPSA) is 106 Å². The van der Waals surface area contributed by atoms with Gasteiger partial charge >= 0.3 is 16.1 Å². The van der Waals surface area contributed by atoms with Crippen LogP contribution in [0.1, 0.15) is 16.4 Å². The van der Waals surface area contributed by atoms with Crippen LogP contribution in [0, 0.1) is 5.41 Å². The van der Waals surface area contributed by atoms with E-state index in [1.165, 1.54) is 0 Å². The molecule has 25 heavy (non-hydrogen) atoms. The maximum atomic E-state index is 12.9. The number of aromatic nitrogens is 3. The van der Waals surface area contributed by atoms with Crippen molar-refractivity contribution < 1.29 is 12.6 Å². The normalized spacial score (nSPS) is 12.3. The van der Waals surface area contributed by atoms with Crippen molar-refractivity contribution in [1.29, 1.82) is 5.41 Å². The Morgan fingerprint density at radius 2 is 1.48 bits per heavy atom. The summed E-state index contributed by atoms with van der Waals surface area (Å²) in [5.74, 6) is 0. The zero-order chi connectivity index (χ0) is 17.7. The minimum Gasteiger partial charge on any atom is -0.342 e. The number of benzene rings is 2. The van der Waals surface area contributed by atoms with E-state index in [0.717, 1.165) is 12.7 Å². The Morgan fingerprint density at radius 1 is 0.920 bits per heavy atom. The molecular weight excluding hydrogens is 340 g/mol. The van der Waals surface area contributed by atoms with Crippen LogP contribution in [0.5, 0.6) is 6.01 Å². The molecule has 1 aromatic heterocycles. The lowest BCUT2D eigenvalue weighted by Gasteiger charge is -2.18. The van der Waals surface area contributed by atoms with Gasteiger partial charge in [0.15, 0.2) is 5.25 Å². The number of nitrogens with one attached hydrogen (secondary N) is 1. The fourth-order valence-corrected chi connectivity index (χ4v) is 3.60. The van der Waals surface area contributed by atoms with Crippen molar-refractivity contribution in [2.45, 2.75) is 5.25 Å². The molecule has 0 aliphatic carbocycles. The molecule has 1 N–H and O–H groups in total. The Bertz CT molecular complexity index is 949. The minimum absolute atomic E-state index is 0.0964. The fraction of sp³-hybridized carbons (Fsp3) is 0.0588. The second kappa shape index (κ2) is 7.18. The average molecular weight is 354 g/mol. The Morgan fingerprint density at radius 3 is 2.08 bits per heavy atom. The third-order valence-corrected chi connectivity index (χ3v) is 4.86. The third-order valence-electron chi connectivity index (χ3n) is 3.40. The molecular formula is C17H14N4O3S. The summed E-state index contributed by atoms with van der Waals surface area (Å²) >= 11 is 0. The second-order valence-corrected chi connectivity index (χ2v) is 6.69. The highest BCUT2D eigenvalue weighted by molar-refractivity contribution is 7.88. The van der Waals surface area contributed by atoms with Crippen LogP contribution >= 0.6 is 0 Å². The van der Waals surface area contributed by atoms with Crippen LogP contribution in [0.3, 0.4) is 0 Å². The second-order valence-electron chi connectivity index (χ2n) is 5.07. The maximum Gasteiger partial charge on any atom is 0.335 e. The van der Waals surface area contributed by atoms with Crippen molar-refractivity contribution in [1.82, 2.24) is 15.0 Å². The van der Waals surface area contributed by atoms with Gasteiger partial charge in [0.25, 0.3) is 0 Å². The van der Waals surface area contributed by atoms with Gasteiger partial charge < -0.3 is 9.59 Å². The molecule has 0 radical (unpaired) electrons. The molecule has 7 nitrogen and oxygen atoms in total. The summed E-state index contributed by atoms with van der Waals surface area (Å²) in [6, 6.07) is 16.8. The molecule has 0 aliphatic rings. The van der Waals surface area contributed by atoms with E-state index in [2.05, 4.69) is 15.0 Å². The van der Waals surface area contributed by atoms with Crippen molar-refractivity contribution in [3.8, 4) is 6.01 Å². The molecule has 1 atom stereocenters. The molecule has 3 aromatic rings. The SMILES string of the molecule is N=C(c1ccccc1)C(c1ccccc1)S(=O)(=O)Oc1ncncn1. The molecule has 1 heterocycles. The first-order valence-corrected chi connectivity index (χ1v) is 8.79. The summed E-state index contributed by atoms with van der Waals surface area (Å²) in [6.45, 7) is 0. The zero-order valence-electron chi connectivity index (χ0n) is 13.0. The minimum atomic E-state index is -4.25. The summed E-state index contributed by atoms with van der Waals surface area (Å²) in [6.07, 6.45) is 2.27. The van der Waals surface area contributed by atoms with Gasteiger partial charge in [-0.25, -0.2) is 4.98 Å². The van der Waals surface area contributed by atoms with E-state index in [1.54, 1.807) is 60.7 Å². The molecule has 0 saturated carbocycles. The van der Waals surface area contributed by atoms with Gasteiger partial charge in [-0.1, -0.05) is 60.7 Å². The predicted molar refractivity (Wildman–Crippen MR) is 91.8 cm³/mol. The van der Waals surface area contributed by atoms with Crippen LogP contribution in [-0.4, -0.2) is 29.1 Å². The van der Waals surface area contributed by atoms with E-state index >= 15 is 0 Å². The van der Waals surface area contributed by atoms with E-state index < -0.39 is 15.4 Å². The van der Waals surface area contributed by atoms with Crippen LogP contribution in [0.2, 0.25) is 0 Å². The number of rotatable bonds is 6. The molecule has 0 amide bonds. The number of nitrogens with zero attached hydrogens (tertiary/aromatic N) is 3. The quantitative estimate of drug-likeness (QED) is 0.538. The maximum absolute atomic E-state index is 12.9. The van der Waals surface area contributed by atoms with Crippen molar-refractivity contribution in [2.75, 3.05) is 0 Å². The third kappa shape index (κ3) is 3.86. The smallest absolute Gasteiger partial charge is 0.335 e. The molecule has 0 aliphatic heterocycles. The zero-order valence-corrected chi connectivity index (χ0v) is 13.8. The Kier molecular flexibility index (Phi) is 4.80. The molecule has 0 bridgehead atoms. The molecule has 3 rings (SSSR count). The summed E-state index contributed by atoms with van der Waals surface area (Å²) in [7, 11) is -4.25. The van der Waals surface area contributed by atoms with Crippen LogP contribution < -0.4 is 4.18 Å². The van der Waals surface area contributed by atoms with Gasteiger partial charge in [-0.2, -0.15) is 18.4 Å². The molecule has 0 spiro atoms. The van der Waals surface area contributed by atoms with Gasteiger partial charge in [-0.3, -0.25) is 0 Å². The van der Waals surface area contributed by atoms with Gasteiger partial charge in [-0.15, -0.1) is 0 Å². The van der Waals surface area contributed by atoms with Gasteiger partial charge in [0.2, 0.25) is 0 Å². The van der Waals surface area contributed by atoms with Crippen LogP contribution in [-0.2, 0) is 10.1 Å². The van der Waals surface area contributed by atoms with Crippen molar-refractivity contribution in [3.63, 3.8) is 0 Å².